The van der Waals surface area contributed by atoms with Crippen LogP contribution in [0.1, 0.15) is 5.56 Å². The fourth-order valence-electron chi connectivity index (χ4n) is 1.81. The van der Waals surface area contributed by atoms with Gasteiger partial charge < -0.3 is 0 Å². The highest BCUT2D eigenvalue weighted by atomic mass is 35.5. The SMILES string of the molecule is Cn1nc(-c2cnccn2)n(/N=C/c2ccc(Cl)cc2)c1=S. The zero-order chi connectivity index (χ0) is 15.5. The second kappa shape index (κ2) is 6.17. The first kappa shape index (κ1) is 14.6. The number of hydrogen-bond donors (Lipinski definition) is 0. The minimum Gasteiger partial charge on any atom is -0.261 e. The molecule has 3 aromatic rings. The Bertz CT molecular complexity index is 867. The van der Waals surface area contributed by atoms with Crippen molar-refractivity contribution in [1.82, 2.24) is 24.4 Å². The molecule has 6 nitrogen and oxygen atoms in total. The lowest BCUT2D eigenvalue weighted by Gasteiger charge is -1.99. The first-order valence-corrected chi connectivity index (χ1v) is 7.16. The van der Waals surface area contributed by atoms with Gasteiger partial charge in [0.25, 0.3) is 0 Å². The second-order valence-electron chi connectivity index (χ2n) is 4.43. The topological polar surface area (TPSA) is 60.9 Å². The molecule has 0 aliphatic heterocycles. The standard InChI is InChI=1S/C14H11ClN6S/c1-20-14(22)21(13(19-20)12-9-16-6-7-17-12)18-8-10-2-4-11(15)5-3-10/h2-9H,1H3/b18-8+. The molecule has 0 fully saturated rings. The van der Waals surface area contributed by atoms with Gasteiger partial charge in [0, 0.05) is 24.5 Å². The largest absolute Gasteiger partial charge is 0.261 e. The molecule has 0 radical (unpaired) electrons. The van der Waals surface area contributed by atoms with E-state index in [9.17, 15) is 0 Å². The number of aryl methyl sites for hydroxylation is 1. The Labute approximate surface area is 136 Å². The van der Waals surface area contributed by atoms with E-state index < -0.39 is 0 Å². The van der Waals surface area contributed by atoms with Crippen molar-refractivity contribution in [1.29, 1.82) is 0 Å². The van der Waals surface area contributed by atoms with Crippen molar-refractivity contribution in [3.05, 3.63) is 58.2 Å². The minimum absolute atomic E-state index is 0.464. The van der Waals surface area contributed by atoms with Crippen LogP contribution in [0.5, 0.6) is 0 Å². The van der Waals surface area contributed by atoms with E-state index in [0.717, 1.165) is 5.56 Å². The molecular weight excluding hydrogens is 320 g/mol. The third kappa shape index (κ3) is 2.95. The van der Waals surface area contributed by atoms with Crippen LogP contribution in [0.15, 0.2) is 48.0 Å². The van der Waals surface area contributed by atoms with E-state index >= 15 is 0 Å². The zero-order valence-corrected chi connectivity index (χ0v) is 13.2. The van der Waals surface area contributed by atoms with Crippen LogP contribution in [0.2, 0.25) is 5.02 Å². The molecule has 110 valence electrons. The molecule has 0 aliphatic rings. The molecule has 0 unspecified atom stereocenters. The summed E-state index contributed by atoms with van der Waals surface area (Å²) in [6, 6.07) is 7.34. The van der Waals surface area contributed by atoms with E-state index in [1.54, 1.807) is 53.3 Å². The molecule has 0 spiro atoms. The number of rotatable bonds is 3. The van der Waals surface area contributed by atoms with Crippen molar-refractivity contribution >= 4 is 30.0 Å². The smallest absolute Gasteiger partial charge is 0.219 e. The van der Waals surface area contributed by atoms with Gasteiger partial charge in [-0.2, -0.15) is 9.78 Å². The molecule has 0 saturated heterocycles. The Morgan fingerprint density at radius 1 is 1.23 bits per heavy atom. The molecule has 22 heavy (non-hydrogen) atoms. The molecule has 0 bridgehead atoms. The van der Waals surface area contributed by atoms with Crippen LogP contribution in [-0.4, -0.2) is 30.6 Å². The van der Waals surface area contributed by atoms with Gasteiger partial charge in [-0.15, -0.1) is 5.10 Å². The van der Waals surface area contributed by atoms with Gasteiger partial charge in [0.2, 0.25) is 10.6 Å². The molecule has 2 aromatic heterocycles. The molecule has 8 heteroatoms. The highest BCUT2D eigenvalue weighted by molar-refractivity contribution is 7.71. The zero-order valence-electron chi connectivity index (χ0n) is 11.6. The first-order valence-electron chi connectivity index (χ1n) is 6.37. The van der Waals surface area contributed by atoms with Crippen LogP contribution in [0.3, 0.4) is 0 Å². The fraction of sp³-hybridized carbons (Fsp3) is 0.0714. The van der Waals surface area contributed by atoms with Gasteiger partial charge in [-0.05, 0) is 29.9 Å². The molecule has 0 saturated carbocycles. The Morgan fingerprint density at radius 3 is 2.68 bits per heavy atom. The minimum atomic E-state index is 0.464. The maximum absolute atomic E-state index is 5.87. The fourth-order valence-corrected chi connectivity index (χ4v) is 2.11. The quantitative estimate of drug-likeness (QED) is 0.547. The van der Waals surface area contributed by atoms with E-state index in [1.807, 2.05) is 12.1 Å². The summed E-state index contributed by atoms with van der Waals surface area (Å²) in [4.78, 5) is 8.28. The third-order valence-electron chi connectivity index (χ3n) is 2.89. The van der Waals surface area contributed by atoms with Crippen LogP contribution in [0.4, 0.5) is 0 Å². The maximum atomic E-state index is 5.87. The molecule has 1 aromatic carbocycles. The van der Waals surface area contributed by atoms with Gasteiger partial charge in [-0.25, -0.2) is 9.67 Å². The van der Waals surface area contributed by atoms with Crippen molar-refractivity contribution in [2.45, 2.75) is 0 Å². The maximum Gasteiger partial charge on any atom is 0.219 e. The Morgan fingerprint density at radius 2 is 2.00 bits per heavy atom. The lowest BCUT2D eigenvalue weighted by Crippen LogP contribution is -1.97. The van der Waals surface area contributed by atoms with Crippen LogP contribution in [0, 0.1) is 4.77 Å². The van der Waals surface area contributed by atoms with Gasteiger partial charge in [0.05, 0.1) is 12.4 Å². The number of hydrogen-bond acceptors (Lipinski definition) is 5. The van der Waals surface area contributed by atoms with Crippen molar-refractivity contribution in [2.24, 2.45) is 12.1 Å². The summed E-state index contributed by atoms with van der Waals surface area (Å²) in [6.07, 6.45) is 6.50. The van der Waals surface area contributed by atoms with Crippen LogP contribution >= 0.6 is 23.8 Å². The molecule has 3 rings (SSSR count). The summed E-state index contributed by atoms with van der Waals surface area (Å²) < 4.78 is 3.58. The van der Waals surface area contributed by atoms with Gasteiger partial charge in [0.15, 0.2) is 0 Å². The third-order valence-corrected chi connectivity index (χ3v) is 3.58. The predicted molar refractivity (Wildman–Crippen MR) is 87.5 cm³/mol. The van der Waals surface area contributed by atoms with Crippen molar-refractivity contribution in [3.63, 3.8) is 0 Å². The summed E-state index contributed by atoms with van der Waals surface area (Å²) in [5.41, 5.74) is 1.50. The summed E-state index contributed by atoms with van der Waals surface area (Å²) in [5, 5.41) is 9.42. The van der Waals surface area contributed by atoms with E-state index in [0.29, 0.717) is 21.3 Å². The summed E-state index contributed by atoms with van der Waals surface area (Å²) in [7, 11) is 1.76. The Balaban J connectivity index is 2.03. The second-order valence-corrected chi connectivity index (χ2v) is 5.23. The molecular formula is C14H11ClN6S. The summed E-state index contributed by atoms with van der Waals surface area (Å²) >= 11 is 11.2. The normalized spacial score (nSPS) is 11.2. The van der Waals surface area contributed by atoms with Gasteiger partial charge >= 0.3 is 0 Å². The number of halogens is 1. The van der Waals surface area contributed by atoms with E-state index in [-0.39, 0.29) is 0 Å². The number of benzene rings is 1. The molecule has 0 N–H and O–H groups in total. The van der Waals surface area contributed by atoms with Crippen LogP contribution in [-0.2, 0) is 7.05 Å². The molecule has 0 amide bonds. The van der Waals surface area contributed by atoms with Crippen molar-refractivity contribution < 1.29 is 0 Å². The summed E-state index contributed by atoms with van der Waals surface area (Å²) in [5.74, 6) is 0.533. The van der Waals surface area contributed by atoms with Gasteiger partial charge in [-0.1, -0.05) is 23.7 Å². The summed E-state index contributed by atoms with van der Waals surface area (Å²) in [6.45, 7) is 0. The van der Waals surface area contributed by atoms with Crippen molar-refractivity contribution in [2.75, 3.05) is 0 Å². The number of aromatic nitrogens is 5. The van der Waals surface area contributed by atoms with Gasteiger partial charge in [0.1, 0.15) is 5.69 Å². The molecule has 0 atom stereocenters. The van der Waals surface area contributed by atoms with E-state index in [4.69, 9.17) is 23.8 Å². The highest BCUT2D eigenvalue weighted by Gasteiger charge is 2.11. The average molecular weight is 331 g/mol. The predicted octanol–water partition coefficient (Wildman–Crippen LogP) is 2.94. The molecule has 0 aliphatic carbocycles. The van der Waals surface area contributed by atoms with Crippen LogP contribution < -0.4 is 0 Å². The average Bonchev–Trinajstić information content (AvgIpc) is 2.83. The first-order chi connectivity index (χ1) is 10.6. The number of nitrogens with zero attached hydrogens (tertiary/aromatic N) is 6. The van der Waals surface area contributed by atoms with Gasteiger partial charge in [-0.3, -0.25) is 4.98 Å². The van der Waals surface area contributed by atoms with Crippen molar-refractivity contribution in [3.8, 4) is 11.5 Å². The monoisotopic (exact) mass is 330 g/mol. The van der Waals surface area contributed by atoms with E-state index in [1.165, 1.54) is 0 Å². The van der Waals surface area contributed by atoms with E-state index in [2.05, 4.69) is 20.2 Å². The molecule has 2 heterocycles. The Hall–Kier alpha value is -2.38. The highest BCUT2D eigenvalue weighted by Crippen LogP contribution is 2.14. The lowest BCUT2D eigenvalue weighted by molar-refractivity contribution is 0.738. The van der Waals surface area contributed by atoms with Crippen LogP contribution in [0.25, 0.3) is 11.5 Å². The lowest BCUT2D eigenvalue weighted by atomic mass is 10.2. The Kier molecular flexibility index (Phi) is 4.08.